The van der Waals surface area contributed by atoms with E-state index in [1.165, 1.54) is 8.99 Å². The van der Waals surface area contributed by atoms with Gasteiger partial charge in [-0.05, 0) is 24.6 Å². The largest absolute Gasteiger partial charge is 0.346 e. The molecule has 2 heterocycles. The third-order valence-electron chi connectivity index (χ3n) is 4.79. The average molecular weight is 384 g/mol. The number of hydrogen-bond acceptors (Lipinski definition) is 4. The molecule has 1 aromatic heterocycles. The fourth-order valence-corrected chi connectivity index (χ4v) is 5.06. The number of fused-ring (bicyclic) bond motifs is 1. The van der Waals surface area contributed by atoms with Crippen LogP contribution in [-0.4, -0.2) is 33.6 Å². The predicted molar refractivity (Wildman–Crippen MR) is 101 cm³/mol. The number of sulfonamides is 1. The van der Waals surface area contributed by atoms with Gasteiger partial charge in [0.25, 0.3) is 0 Å². The lowest BCUT2D eigenvalue weighted by Gasteiger charge is -2.34. The fourth-order valence-electron chi connectivity index (χ4n) is 3.47. The van der Waals surface area contributed by atoms with Crippen LogP contribution >= 0.6 is 0 Å². The number of benzene rings is 2. The smallest absolute Gasteiger partial charge is 0.276 e. The maximum atomic E-state index is 13.3. The molecular formula is C19H20N4O3S. The molecule has 0 N–H and O–H groups in total. The molecule has 0 saturated carbocycles. The van der Waals surface area contributed by atoms with Crippen LogP contribution in [0.3, 0.4) is 0 Å². The van der Waals surface area contributed by atoms with Crippen molar-refractivity contribution in [1.82, 2.24) is 18.7 Å². The van der Waals surface area contributed by atoms with Crippen LogP contribution in [0.4, 0.5) is 0 Å². The topological polar surface area (TPSA) is 77.2 Å². The normalized spacial score (nSPS) is 17.6. The first-order valence-electron chi connectivity index (χ1n) is 8.83. The van der Waals surface area contributed by atoms with Crippen LogP contribution in [0, 0.1) is 0 Å². The monoisotopic (exact) mass is 384 g/mol. The Balaban J connectivity index is 1.91. The highest BCUT2D eigenvalue weighted by molar-refractivity contribution is 7.89. The summed E-state index contributed by atoms with van der Waals surface area (Å²) in [6.07, 6.45) is 0. The van der Waals surface area contributed by atoms with E-state index in [1.54, 1.807) is 34.9 Å². The quantitative estimate of drug-likeness (QED) is 0.688. The highest BCUT2D eigenvalue weighted by atomic mass is 32.2. The molecule has 1 atom stereocenters. The van der Waals surface area contributed by atoms with E-state index < -0.39 is 16.1 Å². The zero-order chi connectivity index (χ0) is 19.0. The maximum Gasteiger partial charge on any atom is 0.346 e. The van der Waals surface area contributed by atoms with Gasteiger partial charge in [0.2, 0.25) is 10.0 Å². The van der Waals surface area contributed by atoms with Gasteiger partial charge in [0.05, 0.1) is 4.90 Å². The van der Waals surface area contributed by atoms with Gasteiger partial charge in [-0.25, -0.2) is 17.9 Å². The van der Waals surface area contributed by atoms with Crippen LogP contribution < -0.4 is 5.69 Å². The summed E-state index contributed by atoms with van der Waals surface area (Å²) in [6.45, 7) is 2.77. The molecule has 0 saturated heterocycles. The first-order chi connectivity index (χ1) is 13.0. The Hall–Kier alpha value is -2.71. The van der Waals surface area contributed by atoms with E-state index in [2.05, 4.69) is 5.10 Å². The molecular weight excluding hydrogens is 364 g/mol. The highest BCUT2D eigenvalue weighted by Gasteiger charge is 2.40. The third-order valence-corrected chi connectivity index (χ3v) is 6.67. The van der Waals surface area contributed by atoms with Crippen LogP contribution in [0.15, 0.2) is 70.4 Å². The van der Waals surface area contributed by atoms with Gasteiger partial charge in [0.1, 0.15) is 6.04 Å². The van der Waals surface area contributed by atoms with E-state index in [0.717, 1.165) is 5.56 Å². The summed E-state index contributed by atoms with van der Waals surface area (Å²) in [5.74, 6) is 0.457. The summed E-state index contributed by atoms with van der Waals surface area (Å²) in [5.41, 5.74) is 0.580. The second kappa shape index (κ2) is 6.79. The predicted octanol–water partition coefficient (Wildman–Crippen LogP) is 1.86. The summed E-state index contributed by atoms with van der Waals surface area (Å²) in [5, 5.41) is 4.45. The molecule has 2 aromatic carbocycles. The van der Waals surface area contributed by atoms with E-state index in [0.29, 0.717) is 12.4 Å². The van der Waals surface area contributed by atoms with Gasteiger partial charge in [-0.15, -0.1) is 0 Å². The molecule has 27 heavy (non-hydrogen) atoms. The van der Waals surface area contributed by atoms with Gasteiger partial charge in [-0.1, -0.05) is 48.5 Å². The lowest BCUT2D eigenvalue weighted by Crippen LogP contribution is -2.44. The second-order valence-electron chi connectivity index (χ2n) is 6.35. The van der Waals surface area contributed by atoms with Crippen molar-refractivity contribution in [1.29, 1.82) is 0 Å². The van der Waals surface area contributed by atoms with Crippen LogP contribution in [0.5, 0.6) is 0 Å². The Labute approximate surface area is 157 Å². The molecule has 140 valence electrons. The van der Waals surface area contributed by atoms with Crippen LogP contribution in [0.2, 0.25) is 0 Å². The first kappa shape index (κ1) is 17.7. The van der Waals surface area contributed by atoms with Crippen LogP contribution in [0.1, 0.15) is 24.4 Å². The number of rotatable bonds is 4. The van der Waals surface area contributed by atoms with Gasteiger partial charge >= 0.3 is 5.69 Å². The van der Waals surface area contributed by atoms with E-state index in [9.17, 15) is 13.2 Å². The average Bonchev–Trinajstić information content (AvgIpc) is 3.04. The minimum absolute atomic E-state index is 0.204. The summed E-state index contributed by atoms with van der Waals surface area (Å²) in [4.78, 5) is 12.8. The molecule has 1 aliphatic rings. The highest BCUT2D eigenvalue weighted by Crippen LogP contribution is 2.34. The lowest BCUT2D eigenvalue weighted by atomic mass is 10.1. The van der Waals surface area contributed by atoms with Crippen molar-refractivity contribution in [3.8, 4) is 0 Å². The molecule has 0 amide bonds. The van der Waals surface area contributed by atoms with E-state index in [1.807, 2.05) is 37.3 Å². The fraction of sp³-hybridized carbons (Fsp3) is 0.263. The summed E-state index contributed by atoms with van der Waals surface area (Å²) in [6, 6.07) is 17.0. The summed E-state index contributed by atoms with van der Waals surface area (Å²) >= 11 is 0. The maximum absolute atomic E-state index is 13.3. The number of hydrogen-bond donors (Lipinski definition) is 0. The van der Waals surface area contributed by atoms with E-state index in [-0.39, 0.29) is 23.7 Å². The Kier molecular flexibility index (Phi) is 4.45. The molecule has 0 aliphatic carbocycles. The Morgan fingerprint density at radius 2 is 1.63 bits per heavy atom. The van der Waals surface area contributed by atoms with Gasteiger partial charge in [0.15, 0.2) is 5.82 Å². The molecule has 7 nitrogen and oxygen atoms in total. The van der Waals surface area contributed by atoms with Crippen molar-refractivity contribution in [2.45, 2.75) is 31.0 Å². The number of nitrogens with zero attached hydrogens (tertiary/aromatic N) is 4. The zero-order valence-electron chi connectivity index (χ0n) is 14.9. The van der Waals surface area contributed by atoms with Gasteiger partial charge in [0, 0.05) is 19.6 Å². The van der Waals surface area contributed by atoms with Crippen molar-refractivity contribution in [3.63, 3.8) is 0 Å². The zero-order valence-corrected chi connectivity index (χ0v) is 15.7. The molecule has 3 aromatic rings. The summed E-state index contributed by atoms with van der Waals surface area (Å²) < 4.78 is 31.1. The minimum atomic E-state index is -3.74. The van der Waals surface area contributed by atoms with Crippen LogP contribution in [-0.2, 0) is 23.1 Å². The van der Waals surface area contributed by atoms with Crippen molar-refractivity contribution in [2.24, 2.45) is 0 Å². The van der Waals surface area contributed by atoms with Gasteiger partial charge in [-0.3, -0.25) is 4.57 Å². The number of aromatic nitrogens is 3. The molecule has 1 unspecified atom stereocenters. The van der Waals surface area contributed by atoms with Crippen molar-refractivity contribution >= 4 is 10.0 Å². The second-order valence-corrected chi connectivity index (χ2v) is 8.24. The summed E-state index contributed by atoms with van der Waals surface area (Å²) in [7, 11) is -3.74. The molecule has 0 radical (unpaired) electrons. The van der Waals surface area contributed by atoms with E-state index >= 15 is 0 Å². The Morgan fingerprint density at radius 3 is 2.26 bits per heavy atom. The van der Waals surface area contributed by atoms with Crippen molar-refractivity contribution in [2.75, 3.05) is 6.54 Å². The standard InChI is InChI=1S/C19H20N4O3S/c1-2-22-19(24)21-13-14-23(27(25,26)16-11-7-4-8-12-16)17(18(21)20-22)15-9-5-3-6-10-15/h3-12,17H,2,13-14H2,1H3. The van der Waals surface area contributed by atoms with Crippen molar-refractivity contribution < 1.29 is 8.42 Å². The molecule has 0 fully saturated rings. The van der Waals surface area contributed by atoms with Gasteiger partial charge in [-0.2, -0.15) is 9.40 Å². The third kappa shape index (κ3) is 2.90. The Bertz CT molecular complexity index is 1100. The lowest BCUT2D eigenvalue weighted by molar-refractivity contribution is 0.289. The first-order valence-corrected chi connectivity index (χ1v) is 10.3. The molecule has 1 aliphatic heterocycles. The molecule has 4 rings (SSSR count). The minimum Gasteiger partial charge on any atom is -0.276 e. The van der Waals surface area contributed by atoms with Crippen LogP contribution in [0.25, 0.3) is 0 Å². The Morgan fingerprint density at radius 1 is 1.00 bits per heavy atom. The SMILES string of the molecule is CCn1nc2n(c1=O)CCN(S(=O)(=O)c1ccccc1)C2c1ccccc1. The molecule has 0 spiro atoms. The number of aryl methyl sites for hydroxylation is 1. The van der Waals surface area contributed by atoms with Gasteiger partial charge < -0.3 is 0 Å². The molecule has 8 heteroatoms. The van der Waals surface area contributed by atoms with E-state index in [4.69, 9.17) is 0 Å². The van der Waals surface area contributed by atoms with Crippen molar-refractivity contribution in [3.05, 3.63) is 82.5 Å². The molecule has 0 bridgehead atoms.